The number of rotatable bonds is 6. The Hall–Kier alpha value is -3.00. The van der Waals surface area contributed by atoms with Gasteiger partial charge in [-0.1, -0.05) is 26.0 Å². The van der Waals surface area contributed by atoms with Crippen molar-refractivity contribution in [1.29, 1.82) is 0 Å². The Morgan fingerprint density at radius 3 is 2.33 bits per heavy atom. The monoisotopic (exact) mass is 452 g/mol. The number of hydrogen-bond donors (Lipinski definition) is 1. The summed E-state index contributed by atoms with van der Waals surface area (Å²) in [5.74, 6) is -0.0696. The Morgan fingerprint density at radius 1 is 1.09 bits per heavy atom. The van der Waals surface area contributed by atoms with Crippen LogP contribution in [0.15, 0.2) is 47.7 Å². The minimum absolute atomic E-state index is 0.0696. The van der Waals surface area contributed by atoms with Crippen LogP contribution in [0.5, 0.6) is 0 Å². The first-order valence-corrected chi connectivity index (χ1v) is 11.5. The van der Waals surface area contributed by atoms with Crippen LogP contribution >= 0.6 is 0 Å². The van der Waals surface area contributed by atoms with E-state index < -0.39 is 6.97 Å². The van der Waals surface area contributed by atoms with Gasteiger partial charge in [0.15, 0.2) is 5.70 Å². The van der Waals surface area contributed by atoms with E-state index in [9.17, 15) is 4.79 Å². The molecule has 0 saturated carbocycles. The number of benzene rings is 1. The second-order valence-corrected chi connectivity index (χ2v) is 8.92. The van der Waals surface area contributed by atoms with Gasteiger partial charge in [-0.2, -0.15) is 0 Å². The zero-order valence-corrected chi connectivity index (χ0v) is 20.2. The van der Waals surface area contributed by atoms with Gasteiger partial charge >= 0.3 is 6.97 Å². The number of nitrogens with one attached hydrogen (secondary N) is 1. The minimum atomic E-state index is -3.99. The van der Waals surface area contributed by atoms with Crippen molar-refractivity contribution in [1.82, 2.24) is 9.38 Å². The van der Waals surface area contributed by atoms with Crippen LogP contribution in [-0.4, -0.2) is 52.1 Å². The standard InChI is InChI=1S/C25H31BF2N4O/c1-7-30(8-2)15-22(33)29-21-11-9-20(10-12-21)23-24-16(3)13-18(5)31(24)26(27,28)32-19(6)14-17(4)25(23)32/h9-14H,7-8,15H2,1-6H3,(H,29,33). The van der Waals surface area contributed by atoms with Gasteiger partial charge in [0.05, 0.1) is 12.1 Å². The highest BCUT2D eigenvalue weighted by Gasteiger charge is 2.55. The van der Waals surface area contributed by atoms with Gasteiger partial charge in [0, 0.05) is 30.0 Å². The molecule has 174 valence electrons. The van der Waals surface area contributed by atoms with E-state index in [0.29, 0.717) is 35.0 Å². The maximum absolute atomic E-state index is 15.7. The van der Waals surface area contributed by atoms with Gasteiger partial charge in [0.2, 0.25) is 5.91 Å². The molecule has 1 amide bonds. The van der Waals surface area contributed by atoms with Gasteiger partial charge in [0.1, 0.15) is 5.71 Å². The number of halogens is 2. The predicted molar refractivity (Wildman–Crippen MR) is 131 cm³/mol. The molecule has 8 heteroatoms. The molecule has 0 aliphatic carbocycles. The molecule has 5 nitrogen and oxygen atoms in total. The lowest BCUT2D eigenvalue weighted by Crippen LogP contribution is -2.51. The molecule has 0 radical (unpaired) electrons. The van der Waals surface area contributed by atoms with Crippen molar-refractivity contribution in [3.8, 4) is 0 Å². The molecular formula is C25H31BF2N4O. The molecule has 0 bridgehead atoms. The largest absolute Gasteiger partial charge is 0.737 e. The maximum Gasteiger partial charge on any atom is 0.737 e. The average Bonchev–Trinajstić information content (AvgIpc) is 3.23. The molecule has 2 aliphatic rings. The lowest BCUT2D eigenvalue weighted by Gasteiger charge is -2.34. The van der Waals surface area contributed by atoms with Gasteiger partial charge < -0.3 is 22.9 Å². The molecule has 2 aliphatic heterocycles. The highest BCUT2D eigenvalue weighted by molar-refractivity contribution is 6.58. The summed E-state index contributed by atoms with van der Waals surface area (Å²) in [7, 11) is 0. The van der Waals surface area contributed by atoms with Crippen LogP contribution < -0.4 is 5.32 Å². The number of carbonyl (C=O) groups excluding carboxylic acids is 1. The molecule has 33 heavy (non-hydrogen) atoms. The van der Waals surface area contributed by atoms with Crippen molar-refractivity contribution in [3.05, 3.63) is 70.2 Å². The number of fused-ring (bicyclic) bond motifs is 2. The van der Waals surface area contributed by atoms with Crippen molar-refractivity contribution in [2.75, 3.05) is 25.0 Å². The fourth-order valence-electron chi connectivity index (χ4n) is 5.14. The summed E-state index contributed by atoms with van der Waals surface area (Å²) >= 11 is 0. The lowest BCUT2D eigenvalue weighted by molar-refractivity contribution is -0.363. The third-order valence-electron chi connectivity index (χ3n) is 6.65. The van der Waals surface area contributed by atoms with E-state index in [1.165, 1.54) is 8.96 Å². The summed E-state index contributed by atoms with van der Waals surface area (Å²) in [6, 6.07) is 9.30. The van der Waals surface area contributed by atoms with Crippen molar-refractivity contribution >= 4 is 29.8 Å². The zero-order valence-electron chi connectivity index (χ0n) is 20.2. The molecule has 1 aromatic carbocycles. The molecule has 2 aromatic rings. The predicted octanol–water partition coefficient (Wildman–Crippen LogP) is 4.81. The third kappa shape index (κ3) is 3.76. The van der Waals surface area contributed by atoms with Crippen LogP contribution in [0, 0.1) is 13.8 Å². The number of aryl methyl sites for hydroxylation is 2. The van der Waals surface area contributed by atoms with E-state index >= 15 is 8.63 Å². The highest BCUT2D eigenvalue weighted by atomic mass is 19.2. The second-order valence-electron chi connectivity index (χ2n) is 8.92. The molecule has 1 aromatic heterocycles. The summed E-state index contributed by atoms with van der Waals surface area (Å²) in [5, 5.41) is 2.94. The smallest absolute Gasteiger partial charge is 0.393 e. The third-order valence-corrected chi connectivity index (χ3v) is 6.65. The first-order chi connectivity index (χ1) is 15.6. The van der Waals surface area contributed by atoms with Crippen LogP contribution in [-0.2, 0) is 4.79 Å². The summed E-state index contributed by atoms with van der Waals surface area (Å²) < 4.78 is 33.8. The quantitative estimate of drug-likeness (QED) is 0.639. The first-order valence-electron chi connectivity index (χ1n) is 11.5. The molecule has 1 N–H and O–H groups in total. The van der Waals surface area contributed by atoms with E-state index in [1.807, 2.05) is 69.0 Å². The minimum Gasteiger partial charge on any atom is -0.393 e. The maximum atomic E-state index is 15.7. The molecule has 0 spiro atoms. The number of aromatic nitrogens is 1. The van der Waals surface area contributed by atoms with Crippen LogP contribution in [0.3, 0.4) is 0 Å². The van der Waals surface area contributed by atoms with E-state index in [1.54, 1.807) is 13.8 Å². The molecule has 0 atom stereocenters. The first kappa shape index (κ1) is 23.2. The van der Waals surface area contributed by atoms with E-state index in [4.69, 9.17) is 0 Å². The van der Waals surface area contributed by atoms with Crippen LogP contribution in [0.4, 0.5) is 14.3 Å². The topological polar surface area (TPSA) is 40.3 Å². The summed E-state index contributed by atoms with van der Waals surface area (Å²) in [5.41, 5.74) is 6.18. The Labute approximate surface area is 194 Å². The Balaban J connectivity index is 1.77. The molecule has 0 unspecified atom stereocenters. The number of carbonyl (C=O) groups is 1. The van der Waals surface area contributed by atoms with Crippen LogP contribution in [0.1, 0.15) is 50.2 Å². The van der Waals surface area contributed by atoms with Gasteiger partial charge in [-0.15, -0.1) is 0 Å². The SMILES string of the molecule is CCN(CC)CC(=O)Nc1ccc(C2=C3C(C)=CC(C)=[N+]3[B-](F)(F)n3c(C)cc(C)c32)cc1. The number of amides is 1. The normalized spacial score (nSPS) is 16.8. The van der Waals surface area contributed by atoms with E-state index in [-0.39, 0.29) is 5.91 Å². The summed E-state index contributed by atoms with van der Waals surface area (Å²) in [6.07, 6.45) is 1.82. The van der Waals surface area contributed by atoms with Gasteiger partial charge in [-0.3, -0.25) is 9.69 Å². The summed E-state index contributed by atoms with van der Waals surface area (Å²) in [6.45, 7) is 9.24. The Morgan fingerprint density at radius 2 is 1.73 bits per heavy atom. The summed E-state index contributed by atoms with van der Waals surface area (Å²) in [4.78, 5) is 14.4. The lowest BCUT2D eigenvalue weighted by atomic mass is 9.84. The molecule has 0 fully saturated rings. The number of allylic oxidation sites excluding steroid dienone is 2. The number of anilines is 1. The van der Waals surface area contributed by atoms with Gasteiger partial charge in [-0.25, -0.2) is 0 Å². The van der Waals surface area contributed by atoms with Crippen molar-refractivity contribution in [2.45, 2.75) is 41.5 Å². The van der Waals surface area contributed by atoms with Crippen LogP contribution in [0.25, 0.3) is 5.57 Å². The van der Waals surface area contributed by atoms with Gasteiger partial charge in [-0.05, 0) is 68.9 Å². The van der Waals surface area contributed by atoms with E-state index in [0.717, 1.165) is 35.4 Å². The molecule has 3 heterocycles. The van der Waals surface area contributed by atoms with Crippen molar-refractivity contribution < 1.29 is 17.9 Å². The van der Waals surface area contributed by atoms with Crippen LogP contribution in [0.2, 0.25) is 0 Å². The Kier molecular flexibility index (Phi) is 5.91. The van der Waals surface area contributed by atoms with Crippen molar-refractivity contribution in [2.24, 2.45) is 0 Å². The second kappa shape index (κ2) is 8.41. The van der Waals surface area contributed by atoms with Crippen molar-refractivity contribution in [3.63, 3.8) is 0 Å². The zero-order chi connectivity index (χ0) is 24.1. The number of nitrogens with zero attached hydrogens (tertiary/aromatic N) is 3. The Bertz CT molecular complexity index is 1220. The molecular weight excluding hydrogens is 421 g/mol. The number of likely N-dealkylation sites (N-methyl/N-ethyl adjacent to an activating group) is 1. The number of hydrogen-bond acceptors (Lipinski definition) is 2. The molecule has 4 rings (SSSR count). The van der Waals surface area contributed by atoms with Gasteiger partial charge in [0.25, 0.3) is 0 Å². The fraction of sp³-hybridized carbons (Fsp3) is 0.360. The highest BCUT2D eigenvalue weighted by Crippen LogP contribution is 2.44. The average molecular weight is 452 g/mol. The van der Waals surface area contributed by atoms with E-state index in [2.05, 4.69) is 5.32 Å². The fourth-order valence-corrected chi connectivity index (χ4v) is 5.14. The molecule has 0 saturated heterocycles.